The largest absolute Gasteiger partial charge is 0.381 e. The van der Waals surface area contributed by atoms with Crippen molar-refractivity contribution < 1.29 is 4.74 Å². The Kier molecular flexibility index (Phi) is 6.27. The molecule has 0 aromatic carbocycles. The zero-order valence-corrected chi connectivity index (χ0v) is 13.7. The highest BCUT2D eigenvalue weighted by molar-refractivity contribution is 4.90. The van der Waals surface area contributed by atoms with Crippen molar-refractivity contribution in [2.24, 2.45) is 5.41 Å². The van der Waals surface area contributed by atoms with Crippen LogP contribution in [-0.4, -0.2) is 75.9 Å². The topological polar surface area (TPSA) is 27.7 Å². The number of ether oxygens (including phenoxy) is 1. The molecule has 2 saturated heterocycles. The summed E-state index contributed by atoms with van der Waals surface area (Å²) >= 11 is 0. The highest BCUT2D eigenvalue weighted by Crippen LogP contribution is 2.30. The molecule has 0 bridgehead atoms. The molecule has 0 spiro atoms. The first kappa shape index (κ1) is 16.2. The molecular weight excluding hydrogens is 250 g/mol. The summed E-state index contributed by atoms with van der Waals surface area (Å²) in [6, 6.07) is 0.720. The quantitative estimate of drug-likeness (QED) is 0.715. The summed E-state index contributed by atoms with van der Waals surface area (Å²) in [5, 5.41) is 3.62. The Balaban J connectivity index is 1.86. The number of hydrogen-bond acceptors (Lipinski definition) is 4. The third-order valence-electron chi connectivity index (χ3n) is 4.92. The molecule has 1 N–H and O–H groups in total. The second kappa shape index (κ2) is 7.74. The summed E-state index contributed by atoms with van der Waals surface area (Å²) < 4.78 is 5.72. The van der Waals surface area contributed by atoms with Crippen LogP contribution >= 0.6 is 0 Å². The molecule has 0 aromatic heterocycles. The molecule has 0 amide bonds. The van der Waals surface area contributed by atoms with E-state index >= 15 is 0 Å². The van der Waals surface area contributed by atoms with Gasteiger partial charge in [-0.25, -0.2) is 0 Å². The molecule has 2 aliphatic heterocycles. The second-order valence-electron chi connectivity index (χ2n) is 6.95. The Labute approximate surface area is 124 Å². The fraction of sp³-hybridized carbons (Fsp3) is 1.00. The first-order valence-corrected chi connectivity index (χ1v) is 8.32. The molecule has 4 heteroatoms. The third-order valence-corrected chi connectivity index (χ3v) is 4.92. The van der Waals surface area contributed by atoms with Gasteiger partial charge in [-0.05, 0) is 52.9 Å². The minimum absolute atomic E-state index is 0.333. The zero-order chi connectivity index (χ0) is 14.4. The van der Waals surface area contributed by atoms with Crippen molar-refractivity contribution in [2.45, 2.75) is 38.6 Å². The fourth-order valence-corrected chi connectivity index (χ4v) is 3.66. The standard InChI is InChI=1S/C16H33N3O/c1-4-8-17-12-16(7-10-20-14-16)13-19(3)15-6-5-9-18(2)11-15/h15,17H,4-14H2,1-3H3. The SMILES string of the molecule is CCCNCC1(CN(C)C2CCCN(C)C2)CCOC1. The lowest BCUT2D eigenvalue weighted by Crippen LogP contribution is -2.51. The minimum atomic E-state index is 0.333. The van der Waals surface area contributed by atoms with Crippen LogP contribution in [0.3, 0.4) is 0 Å². The minimum Gasteiger partial charge on any atom is -0.381 e. The molecule has 0 aromatic rings. The van der Waals surface area contributed by atoms with Gasteiger partial charge in [0.05, 0.1) is 6.61 Å². The first-order chi connectivity index (χ1) is 9.65. The number of likely N-dealkylation sites (N-methyl/N-ethyl adjacent to an activating group) is 2. The number of hydrogen-bond donors (Lipinski definition) is 1. The van der Waals surface area contributed by atoms with E-state index in [2.05, 4.69) is 36.1 Å². The Hall–Kier alpha value is -0.160. The normalized spacial score (nSPS) is 32.1. The molecule has 2 aliphatic rings. The van der Waals surface area contributed by atoms with Crippen LogP contribution in [0.1, 0.15) is 32.6 Å². The summed E-state index contributed by atoms with van der Waals surface area (Å²) in [5.74, 6) is 0. The van der Waals surface area contributed by atoms with E-state index < -0.39 is 0 Å². The number of rotatable bonds is 7. The average molecular weight is 283 g/mol. The maximum atomic E-state index is 5.72. The highest BCUT2D eigenvalue weighted by Gasteiger charge is 2.37. The molecule has 2 unspecified atom stereocenters. The highest BCUT2D eigenvalue weighted by atomic mass is 16.5. The van der Waals surface area contributed by atoms with Crippen molar-refractivity contribution in [1.29, 1.82) is 0 Å². The Morgan fingerprint density at radius 1 is 1.45 bits per heavy atom. The number of nitrogens with one attached hydrogen (secondary N) is 1. The van der Waals surface area contributed by atoms with Crippen LogP contribution in [0.5, 0.6) is 0 Å². The number of likely N-dealkylation sites (tertiary alicyclic amines) is 1. The molecule has 0 saturated carbocycles. The van der Waals surface area contributed by atoms with Crippen LogP contribution < -0.4 is 5.32 Å². The summed E-state index contributed by atoms with van der Waals surface area (Å²) in [4.78, 5) is 5.07. The van der Waals surface area contributed by atoms with Crippen LogP contribution in [0.15, 0.2) is 0 Å². The van der Waals surface area contributed by atoms with Crippen molar-refractivity contribution in [3.8, 4) is 0 Å². The molecule has 0 aliphatic carbocycles. The van der Waals surface area contributed by atoms with E-state index in [4.69, 9.17) is 4.74 Å². The van der Waals surface area contributed by atoms with Crippen LogP contribution in [0.25, 0.3) is 0 Å². The van der Waals surface area contributed by atoms with Gasteiger partial charge in [-0.15, -0.1) is 0 Å². The van der Waals surface area contributed by atoms with Crippen molar-refractivity contribution >= 4 is 0 Å². The Bertz CT molecular complexity index is 279. The predicted octanol–water partition coefficient (Wildman–Crippen LogP) is 1.42. The van der Waals surface area contributed by atoms with Crippen molar-refractivity contribution in [1.82, 2.24) is 15.1 Å². The van der Waals surface area contributed by atoms with Crippen molar-refractivity contribution in [3.63, 3.8) is 0 Å². The monoisotopic (exact) mass is 283 g/mol. The van der Waals surface area contributed by atoms with Gasteiger partial charge in [0.25, 0.3) is 0 Å². The van der Waals surface area contributed by atoms with Crippen LogP contribution in [0.2, 0.25) is 0 Å². The van der Waals surface area contributed by atoms with Gasteiger partial charge in [0.15, 0.2) is 0 Å². The van der Waals surface area contributed by atoms with Gasteiger partial charge in [0, 0.05) is 37.7 Å². The summed E-state index contributed by atoms with van der Waals surface area (Å²) in [6.45, 7) is 9.97. The van der Waals surface area contributed by atoms with Gasteiger partial charge < -0.3 is 19.9 Å². The molecule has 4 nitrogen and oxygen atoms in total. The molecule has 0 radical (unpaired) electrons. The van der Waals surface area contributed by atoms with Gasteiger partial charge in [-0.2, -0.15) is 0 Å². The second-order valence-corrected chi connectivity index (χ2v) is 6.95. The summed E-state index contributed by atoms with van der Waals surface area (Å²) in [6.07, 6.45) is 5.10. The van der Waals surface area contributed by atoms with E-state index in [-0.39, 0.29) is 0 Å². The van der Waals surface area contributed by atoms with E-state index in [9.17, 15) is 0 Å². The van der Waals surface area contributed by atoms with Crippen LogP contribution in [-0.2, 0) is 4.74 Å². The van der Waals surface area contributed by atoms with Crippen LogP contribution in [0.4, 0.5) is 0 Å². The van der Waals surface area contributed by atoms with E-state index in [1.807, 2.05) is 0 Å². The molecule has 2 fully saturated rings. The summed E-state index contributed by atoms with van der Waals surface area (Å²) in [7, 11) is 4.56. The van der Waals surface area contributed by atoms with Gasteiger partial charge in [-0.1, -0.05) is 6.92 Å². The predicted molar refractivity (Wildman–Crippen MR) is 84.2 cm³/mol. The first-order valence-electron chi connectivity index (χ1n) is 8.32. The summed E-state index contributed by atoms with van der Waals surface area (Å²) in [5.41, 5.74) is 0.333. The van der Waals surface area contributed by atoms with Crippen molar-refractivity contribution in [3.05, 3.63) is 0 Å². The lowest BCUT2D eigenvalue weighted by molar-refractivity contribution is 0.0729. The lowest BCUT2D eigenvalue weighted by Gasteiger charge is -2.40. The maximum Gasteiger partial charge on any atom is 0.0547 e. The number of nitrogens with zero attached hydrogens (tertiary/aromatic N) is 2. The molecule has 2 rings (SSSR count). The molecular formula is C16H33N3O. The van der Waals surface area contributed by atoms with E-state index in [0.29, 0.717) is 5.41 Å². The smallest absolute Gasteiger partial charge is 0.0547 e. The van der Waals surface area contributed by atoms with E-state index in [1.54, 1.807) is 0 Å². The Morgan fingerprint density at radius 3 is 2.95 bits per heavy atom. The van der Waals surface area contributed by atoms with Gasteiger partial charge in [-0.3, -0.25) is 0 Å². The number of piperidine rings is 1. The van der Waals surface area contributed by atoms with Gasteiger partial charge in [0.2, 0.25) is 0 Å². The zero-order valence-electron chi connectivity index (χ0n) is 13.7. The van der Waals surface area contributed by atoms with Crippen molar-refractivity contribution in [2.75, 3.05) is 60.0 Å². The fourth-order valence-electron chi connectivity index (χ4n) is 3.66. The van der Waals surface area contributed by atoms with Gasteiger partial charge in [0.1, 0.15) is 0 Å². The maximum absolute atomic E-state index is 5.72. The third kappa shape index (κ3) is 4.42. The lowest BCUT2D eigenvalue weighted by atomic mass is 9.85. The van der Waals surface area contributed by atoms with E-state index in [0.717, 1.165) is 32.3 Å². The van der Waals surface area contributed by atoms with Crippen LogP contribution in [0, 0.1) is 5.41 Å². The Morgan fingerprint density at radius 2 is 2.30 bits per heavy atom. The molecule has 118 valence electrons. The van der Waals surface area contributed by atoms with E-state index in [1.165, 1.54) is 45.3 Å². The van der Waals surface area contributed by atoms with Gasteiger partial charge >= 0.3 is 0 Å². The molecule has 20 heavy (non-hydrogen) atoms. The average Bonchev–Trinajstić information content (AvgIpc) is 2.88. The molecule has 2 heterocycles. The molecule has 2 atom stereocenters.